The molecule has 0 aliphatic carbocycles. The molecule has 0 aliphatic rings. The third-order valence-electron chi connectivity index (χ3n) is 4.14. The molecule has 2 heterocycles. The number of hydrogen-bond acceptors (Lipinski definition) is 4. The summed E-state index contributed by atoms with van der Waals surface area (Å²) in [6, 6.07) is 14.1. The van der Waals surface area contributed by atoms with Gasteiger partial charge < -0.3 is 4.57 Å². The fourth-order valence-electron chi connectivity index (χ4n) is 2.83. The summed E-state index contributed by atoms with van der Waals surface area (Å²) >= 11 is 2.91. The first-order valence-corrected chi connectivity index (χ1v) is 10.0. The SMILES string of the molecule is C=CCn1c(=NC(=O)c2nc3ccccc3s2)sc2cc(CC)ccc21. The minimum Gasteiger partial charge on any atom is -0.312 e. The molecule has 0 radical (unpaired) electrons. The van der Waals surface area contributed by atoms with Gasteiger partial charge in [0.2, 0.25) is 0 Å². The van der Waals surface area contributed by atoms with Crippen LogP contribution < -0.4 is 4.80 Å². The molecule has 0 fully saturated rings. The van der Waals surface area contributed by atoms with E-state index in [0.717, 1.165) is 26.9 Å². The van der Waals surface area contributed by atoms with Crippen molar-refractivity contribution in [3.8, 4) is 0 Å². The molecule has 0 atom stereocenters. The largest absolute Gasteiger partial charge is 0.312 e. The Labute approximate surface area is 158 Å². The monoisotopic (exact) mass is 379 g/mol. The Morgan fingerprint density at radius 2 is 2.08 bits per heavy atom. The first-order valence-electron chi connectivity index (χ1n) is 8.37. The predicted octanol–water partition coefficient (Wildman–Crippen LogP) is 4.80. The van der Waals surface area contributed by atoms with Crippen LogP contribution in [-0.2, 0) is 13.0 Å². The number of carbonyl (C=O) groups is 1. The van der Waals surface area contributed by atoms with Crippen LogP contribution in [0.25, 0.3) is 20.4 Å². The van der Waals surface area contributed by atoms with Crippen molar-refractivity contribution in [2.75, 3.05) is 0 Å². The second kappa shape index (κ2) is 6.97. The smallest absolute Gasteiger partial charge is 0.308 e. The summed E-state index contributed by atoms with van der Waals surface area (Å²) in [6.45, 7) is 6.57. The lowest BCUT2D eigenvalue weighted by atomic mass is 10.2. The molecule has 4 nitrogen and oxygen atoms in total. The van der Waals surface area contributed by atoms with Crippen molar-refractivity contribution in [1.82, 2.24) is 9.55 Å². The maximum atomic E-state index is 12.7. The zero-order valence-corrected chi connectivity index (χ0v) is 15.9. The van der Waals surface area contributed by atoms with Gasteiger partial charge in [0.05, 0.1) is 20.4 Å². The highest BCUT2D eigenvalue weighted by Crippen LogP contribution is 2.23. The number of para-hydroxylation sites is 1. The Morgan fingerprint density at radius 3 is 2.85 bits per heavy atom. The molecule has 0 N–H and O–H groups in total. The number of thiazole rings is 2. The van der Waals surface area contributed by atoms with Gasteiger partial charge in [-0.25, -0.2) is 4.98 Å². The van der Waals surface area contributed by atoms with Crippen LogP contribution in [0.4, 0.5) is 0 Å². The highest BCUT2D eigenvalue weighted by molar-refractivity contribution is 7.20. The van der Waals surface area contributed by atoms with Gasteiger partial charge in [0.25, 0.3) is 0 Å². The minimum atomic E-state index is -0.300. The summed E-state index contributed by atoms with van der Waals surface area (Å²) in [6.07, 6.45) is 2.80. The zero-order valence-electron chi connectivity index (χ0n) is 14.3. The number of allylic oxidation sites excluding steroid dienone is 1. The van der Waals surface area contributed by atoms with Crippen molar-refractivity contribution in [2.24, 2.45) is 4.99 Å². The Morgan fingerprint density at radius 1 is 1.23 bits per heavy atom. The fraction of sp³-hybridized carbons (Fsp3) is 0.150. The van der Waals surface area contributed by atoms with Gasteiger partial charge in [-0.15, -0.1) is 17.9 Å². The normalized spacial score (nSPS) is 12.1. The maximum Gasteiger partial charge on any atom is 0.308 e. The molecule has 130 valence electrons. The molecular weight excluding hydrogens is 362 g/mol. The van der Waals surface area contributed by atoms with Crippen LogP contribution in [0.1, 0.15) is 22.3 Å². The molecule has 0 unspecified atom stereocenters. The lowest BCUT2D eigenvalue weighted by Gasteiger charge is -2.01. The van der Waals surface area contributed by atoms with Crippen molar-refractivity contribution in [3.05, 3.63) is 70.5 Å². The van der Waals surface area contributed by atoms with Crippen LogP contribution in [-0.4, -0.2) is 15.5 Å². The minimum absolute atomic E-state index is 0.300. The number of aromatic nitrogens is 2. The lowest BCUT2D eigenvalue weighted by Crippen LogP contribution is -2.16. The van der Waals surface area contributed by atoms with E-state index in [2.05, 4.69) is 41.7 Å². The quantitative estimate of drug-likeness (QED) is 0.478. The third kappa shape index (κ3) is 3.02. The molecular formula is C20H17N3OS2. The van der Waals surface area contributed by atoms with Crippen LogP contribution in [0, 0.1) is 0 Å². The van der Waals surface area contributed by atoms with E-state index < -0.39 is 0 Å². The van der Waals surface area contributed by atoms with E-state index in [9.17, 15) is 4.79 Å². The van der Waals surface area contributed by atoms with Crippen LogP contribution in [0.5, 0.6) is 0 Å². The summed E-state index contributed by atoms with van der Waals surface area (Å²) in [7, 11) is 0. The van der Waals surface area contributed by atoms with E-state index >= 15 is 0 Å². The Bertz CT molecular complexity index is 1160. The first-order chi connectivity index (χ1) is 12.7. The van der Waals surface area contributed by atoms with E-state index in [1.165, 1.54) is 28.2 Å². The van der Waals surface area contributed by atoms with Crippen molar-refractivity contribution < 1.29 is 4.79 Å². The highest BCUT2D eigenvalue weighted by atomic mass is 32.1. The number of carbonyl (C=O) groups excluding carboxylic acids is 1. The lowest BCUT2D eigenvalue weighted by molar-refractivity contribution is 0.0997. The van der Waals surface area contributed by atoms with Crippen LogP contribution in [0.2, 0.25) is 0 Å². The Kier molecular flexibility index (Phi) is 4.53. The molecule has 4 aromatic rings. The molecule has 0 saturated carbocycles. The van der Waals surface area contributed by atoms with Crippen molar-refractivity contribution >= 4 is 49.0 Å². The summed E-state index contributed by atoms with van der Waals surface area (Å²) in [5.41, 5.74) is 3.18. The first kappa shape index (κ1) is 16.9. The van der Waals surface area contributed by atoms with Crippen LogP contribution in [0.3, 0.4) is 0 Å². The molecule has 0 spiro atoms. The van der Waals surface area contributed by atoms with E-state index in [0.29, 0.717) is 16.4 Å². The number of nitrogens with zero attached hydrogens (tertiary/aromatic N) is 3. The topological polar surface area (TPSA) is 47.2 Å². The van der Waals surface area contributed by atoms with Crippen molar-refractivity contribution in [2.45, 2.75) is 19.9 Å². The summed E-state index contributed by atoms with van der Waals surface area (Å²) in [5, 5.41) is 0.419. The van der Waals surface area contributed by atoms with Gasteiger partial charge in [-0.3, -0.25) is 4.79 Å². The average molecular weight is 380 g/mol. The van der Waals surface area contributed by atoms with E-state index in [4.69, 9.17) is 0 Å². The second-order valence-electron chi connectivity index (χ2n) is 5.84. The number of aryl methyl sites for hydroxylation is 1. The second-order valence-corrected chi connectivity index (χ2v) is 7.88. The number of rotatable bonds is 4. The van der Waals surface area contributed by atoms with Gasteiger partial charge in [0, 0.05) is 6.54 Å². The third-order valence-corrected chi connectivity index (χ3v) is 6.21. The number of amides is 1. The highest BCUT2D eigenvalue weighted by Gasteiger charge is 2.13. The Hall–Kier alpha value is -2.57. The molecule has 4 rings (SSSR count). The molecule has 0 aliphatic heterocycles. The fourth-order valence-corrected chi connectivity index (χ4v) is 4.78. The maximum absolute atomic E-state index is 12.7. The van der Waals surface area contributed by atoms with Crippen LogP contribution in [0.15, 0.2) is 60.1 Å². The molecule has 2 aromatic carbocycles. The number of benzene rings is 2. The summed E-state index contributed by atoms with van der Waals surface area (Å²) in [5.74, 6) is -0.300. The average Bonchev–Trinajstić information content (AvgIpc) is 3.23. The standard InChI is InChI=1S/C20H17N3OS2/c1-3-11-23-15-10-9-13(4-2)12-17(15)26-20(23)22-18(24)19-21-14-7-5-6-8-16(14)25-19/h3,5-10,12H,1,4,11H2,2H3. The van der Waals surface area contributed by atoms with Gasteiger partial charge in [-0.2, -0.15) is 4.99 Å². The molecule has 0 bridgehead atoms. The van der Waals surface area contributed by atoms with E-state index in [1.54, 1.807) is 0 Å². The molecule has 26 heavy (non-hydrogen) atoms. The Balaban J connectivity index is 1.84. The number of hydrogen-bond donors (Lipinski definition) is 0. The molecule has 1 amide bonds. The predicted molar refractivity (Wildman–Crippen MR) is 109 cm³/mol. The van der Waals surface area contributed by atoms with Crippen molar-refractivity contribution in [3.63, 3.8) is 0 Å². The van der Waals surface area contributed by atoms with Crippen molar-refractivity contribution in [1.29, 1.82) is 0 Å². The summed E-state index contributed by atoms with van der Waals surface area (Å²) in [4.78, 5) is 22.2. The van der Waals surface area contributed by atoms with Gasteiger partial charge in [-0.1, -0.05) is 42.5 Å². The molecule has 0 saturated heterocycles. The van der Waals surface area contributed by atoms with Crippen LogP contribution >= 0.6 is 22.7 Å². The van der Waals surface area contributed by atoms with Gasteiger partial charge in [-0.05, 0) is 36.2 Å². The summed E-state index contributed by atoms with van der Waals surface area (Å²) < 4.78 is 4.15. The molecule has 2 aromatic heterocycles. The van der Waals surface area contributed by atoms with Gasteiger partial charge in [0.1, 0.15) is 0 Å². The van der Waals surface area contributed by atoms with Gasteiger partial charge >= 0.3 is 5.91 Å². The van der Waals surface area contributed by atoms with E-state index in [-0.39, 0.29) is 5.91 Å². The molecule has 6 heteroatoms. The zero-order chi connectivity index (χ0) is 18.1. The van der Waals surface area contributed by atoms with E-state index in [1.807, 2.05) is 34.9 Å². The number of fused-ring (bicyclic) bond motifs is 2. The van der Waals surface area contributed by atoms with Gasteiger partial charge in [0.15, 0.2) is 9.81 Å².